The van der Waals surface area contributed by atoms with Crippen molar-refractivity contribution in [2.45, 2.75) is 13.8 Å². The second kappa shape index (κ2) is 8.24. The first-order chi connectivity index (χ1) is 9.81. The van der Waals surface area contributed by atoms with Gasteiger partial charge in [-0.1, -0.05) is 41.4 Å². The maximum atomic E-state index is 11.7. The number of carbonyl (C=O) groups excluding carboxylic acids is 1. The van der Waals surface area contributed by atoms with Gasteiger partial charge in [0.25, 0.3) is 5.91 Å². The molecule has 21 heavy (non-hydrogen) atoms. The number of hydrogen-bond acceptors (Lipinski definition) is 3. The van der Waals surface area contributed by atoms with Gasteiger partial charge < -0.3 is 15.2 Å². The zero-order valence-corrected chi connectivity index (χ0v) is 14.1. The van der Waals surface area contributed by atoms with Gasteiger partial charge in [-0.2, -0.15) is 0 Å². The summed E-state index contributed by atoms with van der Waals surface area (Å²) in [6.07, 6.45) is 0. The minimum Gasteiger partial charge on any atom is -0.482 e. The first kappa shape index (κ1) is 17.8. The van der Waals surface area contributed by atoms with Crippen molar-refractivity contribution in [1.29, 1.82) is 0 Å². The van der Waals surface area contributed by atoms with Gasteiger partial charge in [-0.25, -0.2) is 0 Å². The van der Waals surface area contributed by atoms with Gasteiger partial charge in [0.2, 0.25) is 0 Å². The summed E-state index contributed by atoms with van der Waals surface area (Å²) in [5, 5.41) is 12.0. The molecule has 1 amide bonds. The third-order valence-electron chi connectivity index (χ3n) is 2.89. The average Bonchev–Trinajstić information content (AvgIpc) is 2.37. The molecule has 0 aliphatic rings. The van der Waals surface area contributed by atoms with Crippen LogP contribution in [0.1, 0.15) is 13.8 Å². The van der Waals surface area contributed by atoms with Crippen molar-refractivity contribution in [1.82, 2.24) is 5.32 Å². The number of benzene rings is 1. The maximum Gasteiger partial charge on any atom is 0.308 e. The van der Waals surface area contributed by atoms with Crippen molar-refractivity contribution in [3.05, 3.63) is 27.7 Å². The van der Waals surface area contributed by atoms with Crippen LogP contribution in [0.3, 0.4) is 0 Å². The summed E-state index contributed by atoms with van der Waals surface area (Å²) in [4.78, 5) is 22.7. The Morgan fingerprint density at radius 2 is 2.10 bits per heavy atom. The number of aliphatic carboxylic acids is 1. The molecule has 116 valence electrons. The fourth-order valence-electron chi connectivity index (χ4n) is 1.62. The van der Waals surface area contributed by atoms with Gasteiger partial charge >= 0.3 is 5.97 Å². The molecule has 1 aromatic carbocycles. The predicted molar refractivity (Wildman–Crippen MR) is 83.6 cm³/mol. The normalized spacial score (nSPS) is 12.0. The second-order valence-corrected chi connectivity index (χ2v) is 6.18. The lowest BCUT2D eigenvalue weighted by Crippen LogP contribution is -2.37. The van der Waals surface area contributed by atoms with Crippen molar-refractivity contribution < 1.29 is 19.4 Å². The zero-order chi connectivity index (χ0) is 16.0. The van der Waals surface area contributed by atoms with Crippen LogP contribution in [0.25, 0.3) is 0 Å². The van der Waals surface area contributed by atoms with Gasteiger partial charge in [0, 0.05) is 11.0 Å². The smallest absolute Gasteiger partial charge is 0.308 e. The Bertz CT molecular complexity index is 522. The van der Waals surface area contributed by atoms with E-state index < -0.39 is 11.9 Å². The highest BCUT2D eigenvalue weighted by molar-refractivity contribution is 9.10. The first-order valence-corrected chi connectivity index (χ1v) is 7.55. The van der Waals surface area contributed by atoms with Gasteiger partial charge in [0.1, 0.15) is 5.75 Å². The average molecular weight is 379 g/mol. The van der Waals surface area contributed by atoms with Crippen LogP contribution in [0.4, 0.5) is 0 Å². The fraction of sp³-hybridized carbons (Fsp3) is 0.429. The largest absolute Gasteiger partial charge is 0.482 e. The molecule has 0 radical (unpaired) electrons. The lowest BCUT2D eigenvalue weighted by atomic mass is 9.96. The van der Waals surface area contributed by atoms with E-state index >= 15 is 0 Å². The maximum absolute atomic E-state index is 11.7. The monoisotopic (exact) mass is 377 g/mol. The molecule has 0 spiro atoms. The molecule has 0 aromatic heterocycles. The summed E-state index contributed by atoms with van der Waals surface area (Å²) in [7, 11) is 0. The first-order valence-electron chi connectivity index (χ1n) is 6.38. The molecule has 0 fully saturated rings. The topological polar surface area (TPSA) is 75.6 Å². The van der Waals surface area contributed by atoms with Crippen molar-refractivity contribution in [3.8, 4) is 5.75 Å². The quantitative estimate of drug-likeness (QED) is 0.765. The van der Waals surface area contributed by atoms with Crippen LogP contribution in [0.2, 0.25) is 5.02 Å². The van der Waals surface area contributed by atoms with Crippen molar-refractivity contribution in [2.75, 3.05) is 13.2 Å². The second-order valence-electron chi connectivity index (χ2n) is 4.86. The van der Waals surface area contributed by atoms with E-state index in [1.54, 1.807) is 32.0 Å². The molecule has 1 rings (SSSR count). The van der Waals surface area contributed by atoms with Crippen LogP contribution < -0.4 is 10.1 Å². The SMILES string of the molecule is CC(C)C(CNC(=O)COc1ccc(Br)cc1Cl)C(=O)O. The number of hydrogen-bond donors (Lipinski definition) is 2. The van der Waals surface area contributed by atoms with Crippen LogP contribution in [-0.2, 0) is 9.59 Å². The van der Waals surface area contributed by atoms with Crippen LogP contribution in [0.5, 0.6) is 5.75 Å². The van der Waals surface area contributed by atoms with E-state index in [0.29, 0.717) is 10.8 Å². The van der Waals surface area contributed by atoms with E-state index in [2.05, 4.69) is 21.2 Å². The molecule has 7 heteroatoms. The van der Waals surface area contributed by atoms with Gasteiger partial charge in [0.05, 0.1) is 10.9 Å². The highest BCUT2D eigenvalue weighted by Gasteiger charge is 2.22. The molecule has 1 unspecified atom stereocenters. The molecule has 0 saturated heterocycles. The Morgan fingerprint density at radius 3 is 2.62 bits per heavy atom. The van der Waals surface area contributed by atoms with Gasteiger partial charge in [-0.05, 0) is 24.1 Å². The number of rotatable bonds is 7. The predicted octanol–water partition coefficient (Wildman–Crippen LogP) is 2.95. The molecule has 0 aliphatic heterocycles. The van der Waals surface area contributed by atoms with Crippen LogP contribution in [-0.4, -0.2) is 30.1 Å². The van der Waals surface area contributed by atoms with Crippen LogP contribution in [0.15, 0.2) is 22.7 Å². The molecular weight excluding hydrogens is 362 g/mol. The molecule has 1 aromatic rings. The van der Waals surface area contributed by atoms with E-state index in [9.17, 15) is 9.59 Å². The van der Waals surface area contributed by atoms with E-state index in [1.165, 1.54) is 0 Å². The molecule has 0 heterocycles. The summed E-state index contributed by atoms with van der Waals surface area (Å²) in [5.41, 5.74) is 0. The van der Waals surface area contributed by atoms with Crippen molar-refractivity contribution in [3.63, 3.8) is 0 Å². The van der Waals surface area contributed by atoms with Crippen LogP contribution in [0, 0.1) is 11.8 Å². The number of carboxylic acids is 1. The third-order valence-corrected chi connectivity index (χ3v) is 3.68. The lowest BCUT2D eigenvalue weighted by Gasteiger charge is -2.16. The molecule has 0 aliphatic carbocycles. The number of carboxylic acid groups (broad SMARTS) is 1. The van der Waals surface area contributed by atoms with Crippen LogP contribution >= 0.6 is 27.5 Å². The van der Waals surface area contributed by atoms with E-state index in [0.717, 1.165) is 4.47 Å². The van der Waals surface area contributed by atoms with Gasteiger partial charge in [-0.15, -0.1) is 0 Å². The fourth-order valence-corrected chi connectivity index (χ4v) is 2.35. The lowest BCUT2D eigenvalue weighted by molar-refractivity contribution is -0.143. The van der Waals surface area contributed by atoms with Crippen molar-refractivity contribution in [2.24, 2.45) is 11.8 Å². The molecule has 0 saturated carbocycles. The Hall–Kier alpha value is -1.27. The summed E-state index contributed by atoms with van der Waals surface area (Å²) in [5.74, 6) is -1.61. The molecular formula is C14H17BrClNO4. The Balaban J connectivity index is 2.45. The molecule has 2 N–H and O–H groups in total. The van der Waals surface area contributed by atoms with Gasteiger partial charge in [0.15, 0.2) is 6.61 Å². The molecule has 5 nitrogen and oxygen atoms in total. The Labute approximate surface area is 136 Å². The number of nitrogens with one attached hydrogen (secondary N) is 1. The van der Waals surface area contributed by atoms with Crippen molar-refractivity contribution >= 4 is 39.4 Å². The van der Waals surface area contributed by atoms with E-state index in [1.807, 2.05) is 0 Å². The zero-order valence-electron chi connectivity index (χ0n) is 11.7. The number of ether oxygens (including phenoxy) is 1. The highest BCUT2D eigenvalue weighted by atomic mass is 79.9. The standard InChI is InChI=1S/C14H17BrClNO4/c1-8(2)10(14(19)20)6-17-13(18)7-21-12-4-3-9(15)5-11(12)16/h3-5,8,10H,6-7H2,1-2H3,(H,17,18)(H,19,20). The highest BCUT2D eigenvalue weighted by Crippen LogP contribution is 2.27. The Kier molecular flexibility index (Phi) is 6.98. The van der Waals surface area contributed by atoms with Gasteiger partial charge in [-0.3, -0.25) is 9.59 Å². The number of carbonyl (C=O) groups is 2. The molecule has 1 atom stereocenters. The summed E-state index contributed by atoms with van der Waals surface area (Å²) in [6.45, 7) is 3.45. The Morgan fingerprint density at radius 1 is 1.43 bits per heavy atom. The minimum atomic E-state index is -0.929. The summed E-state index contributed by atoms with van der Waals surface area (Å²) < 4.78 is 6.11. The third kappa shape index (κ3) is 5.93. The summed E-state index contributed by atoms with van der Waals surface area (Å²) in [6, 6.07) is 5.06. The van der Waals surface area contributed by atoms with E-state index in [4.69, 9.17) is 21.4 Å². The minimum absolute atomic E-state index is 0.0652. The molecule has 0 bridgehead atoms. The number of amides is 1. The summed E-state index contributed by atoms with van der Waals surface area (Å²) >= 11 is 9.23. The van der Waals surface area contributed by atoms with E-state index in [-0.39, 0.29) is 25.0 Å². The number of halogens is 2.